The zero-order chi connectivity index (χ0) is 17.9. The zero-order valence-corrected chi connectivity index (χ0v) is 16.3. The van der Waals surface area contributed by atoms with E-state index < -0.39 is 0 Å². The number of piperidine rings is 1. The van der Waals surface area contributed by atoms with E-state index in [1.54, 1.807) is 0 Å². The molecule has 0 bridgehead atoms. The van der Waals surface area contributed by atoms with Gasteiger partial charge in [-0.1, -0.05) is 11.6 Å². The largest absolute Gasteiger partial charge is 0.397 e. The van der Waals surface area contributed by atoms with Gasteiger partial charge in [-0.3, -0.25) is 4.90 Å². The van der Waals surface area contributed by atoms with Crippen molar-refractivity contribution < 1.29 is 4.74 Å². The van der Waals surface area contributed by atoms with Gasteiger partial charge in [0.1, 0.15) is 0 Å². The first-order valence-corrected chi connectivity index (χ1v) is 10.1. The maximum Gasteiger partial charge on any atom is 0.0591 e. The van der Waals surface area contributed by atoms with Crippen LogP contribution in [-0.2, 0) is 4.74 Å². The highest BCUT2D eigenvalue weighted by Gasteiger charge is 2.38. The van der Waals surface area contributed by atoms with Crippen molar-refractivity contribution in [1.82, 2.24) is 4.90 Å². The number of ether oxygens (including phenoxy) is 1. The van der Waals surface area contributed by atoms with Gasteiger partial charge in [-0.05, 0) is 70.6 Å². The minimum atomic E-state index is 0.341. The molecule has 3 rings (SSSR count). The molecule has 3 N–H and O–H groups in total. The summed E-state index contributed by atoms with van der Waals surface area (Å²) >= 11 is 6.10. The lowest BCUT2D eigenvalue weighted by Crippen LogP contribution is -2.53. The number of rotatable bonds is 5. The van der Waals surface area contributed by atoms with Gasteiger partial charge in [-0.25, -0.2) is 0 Å². The van der Waals surface area contributed by atoms with Gasteiger partial charge in [-0.2, -0.15) is 0 Å². The van der Waals surface area contributed by atoms with E-state index in [1.807, 2.05) is 18.2 Å². The Morgan fingerprint density at radius 2 is 1.92 bits per heavy atom. The van der Waals surface area contributed by atoms with E-state index in [2.05, 4.69) is 24.1 Å². The highest BCUT2D eigenvalue weighted by molar-refractivity contribution is 6.31. The van der Waals surface area contributed by atoms with Crippen LogP contribution in [0.5, 0.6) is 0 Å². The second-order valence-electron chi connectivity index (χ2n) is 7.79. The van der Waals surface area contributed by atoms with Crippen LogP contribution in [0.1, 0.15) is 52.4 Å². The zero-order valence-electron chi connectivity index (χ0n) is 15.6. The number of nitrogen functional groups attached to an aromatic ring is 1. The number of nitrogens with one attached hydrogen (secondary N) is 1. The van der Waals surface area contributed by atoms with Crippen LogP contribution in [0, 0.1) is 0 Å². The quantitative estimate of drug-likeness (QED) is 0.752. The molecule has 5 heteroatoms. The van der Waals surface area contributed by atoms with E-state index in [0.29, 0.717) is 17.7 Å². The van der Waals surface area contributed by atoms with E-state index in [0.717, 1.165) is 48.9 Å². The molecular weight excluding hydrogens is 334 g/mol. The second-order valence-corrected chi connectivity index (χ2v) is 8.23. The Bertz CT molecular complexity index is 564. The molecule has 2 fully saturated rings. The first-order chi connectivity index (χ1) is 12.0. The number of anilines is 2. The number of hydrogen-bond acceptors (Lipinski definition) is 4. The number of nitrogens with two attached hydrogens (primary N) is 1. The molecule has 1 aliphatic carbocycles. The second kappa shape index (κ2) is 8.15. The number of benzene rings is 1. The third kappa shape index (κ3) is 4.60. The Balaban J connectivity index is 1.51. The summed E-state index contributed by atoms with van der Waals surface area (Å²) in [7, 11) is 0. The fourth-order valence-electron chi connectivity index (χ4n) is 4.37. The molecule has 0 radical (unpaired) electrons. The third-order valence-electron chi connectivity index (χ3n) is 6.05. The van der Waals surface area contributed by atoms with Crippen molar-refractivity contribution in [2.24, 2.45) is 0 Å². The van der Waals surface area contributed by atoms with Crippen molar-refractivity contribution in [3.05, 3.63) is 23.2 Å². The smallest absolute Gasteiger partial charge is 0.0591 e. The van der Waals surface area contributed by atoms with Gasteiger partial charge < -0.3 is 15.8 Å². The highest BCUT2D eigenvalue weighted by Crippen LogP contribution is 2.36. The van der Waals surface area contributed by atoms with Gasteiger partial charge in [-0.15, -0.1) is 0 Å². The van der Waals surface area contributed by atoms with Crippen molar-refractivity contribution in [1.29, 1.82) is 0 Å². The highest BCUT2D eigenvalue weighted by atomic mass is 35.5. The molecule has 1 saturated carbocycles. The molecule has 1 aromatic carbocycles. The minimum absolute atomic E-state index is 0.341. The Morgan fingerprint density at radius 3 is 2.56 bits per heavy atom. The average molecular weight is 366 g/mol. The summed E-state index contributed by atoms with van der Waals surface area (Å²) < 4.78 is 5.82. The molecule has 0 spiro atoms. The third-order valence-corrected chi connectivity index (χ3v) is 6.28. The maximum atomic E-state index is 6.10. The van der Waals surface area contributed by atoms with E-state index in [9.17, 15) is 0 Å². The van der Waals surface area contributed by atoms with Crippen molar-refractivity contribution in [3.8, 4) is 0 Å². The fourth-order valence-corrected chi connectivity index (χ4v) is 4.54. The van der Waals surface area contributed by atoms with Crippen molar-refractivity contribution in [3.63, 3.8) is 0 Å². The van der Waals surface area contributed by atoms with Crippen LogP contribution in [0.2, 0.25) is 5.02 Å². The Morgan fingerprint density at radius 1 is 1.24 bits per heavy atom. The molecule has 0 atom stereocenters. The molecule has 1 aliphatic heterocycles. The predicted octanol–water partition coefficient (Wildman–Crippen LogP) is 4.54. The van der Waals surface area contributed by atoms with E-state index in [4.69, 9.17) is 22.1 Å². The van der Waals surface area contributed by atoms with Gasteiger partial charge in [0.15, 0.2) is 0 Å². The number of nitrogens with zero attached hydrogens (tertiary/aromatic N) is 1. The Kier molecular flexibility index (Phi) is 6.13. The molecule has 1 heterocycles. The lowest BCUT2D eigenvalue weighted by molar-refractivity contribution is -0.0242. The molecule has 1 aromatic rings. The van der Waals surface area contributed by atoms with Crippen molar-refractivity contribution in [2.45, 2.75) is 70.1 Å². The van der Waals surface area contributed by atoms with Crippen LogP contribution in [0.4, 0.5) is 11.4 Å². The molecule has 140 valence electrons. The standard InChI is InChI=1S/C20H32ClN3O/c1-3-25-17-6-10-20(2,11-7-17)24-12-8-16(9-13-24)23-19-14-15(21)4-5-18(19)22/h4-5,14,16-17,23H,3,6-13,22H2,1-2H3. The molecule has 4 nitrogen and oxygen atoms in total. The van der Waals surface area contributed by atoms with Crippen LogP contribution < -0.4 is 11.1 Å². The van der Waals surface area contributed by atoms with E-state index in [1.165, 1.54) is 25.7 Å². The lowest BCUT2D eigenvalue weighted by Gasteiger charge is -2.48. The summed E-state index contributed by atoms with van der Waals surface area (Å²) in [5.41, 5.74) is 8.15. The van der Waals surface area contributed by atoms with Gasteiger partial charge >= 0.3 is 0 Å². The summed E-state index contributed by atoms with van der Waals surface area (Å²) in [6, 6.07) is 6.11. The number of halogens is 1. The average Bonchev–Trinajstić information content (AvgIpc) is 2.61. The first-order valence-electron chi connectivity index (χ1n) is 9.68. The monoisotopic (exact) mass is 365 g/mol. The van der Waals surface area contributed by atoms with Gasteiger partial charge in [0.2, 0.25) is 0 Å². The molecule has 0 aromatic heterocycles. The molecule has 1 saturated heterocycles. The molecule has 0 amide bonds. The van der Waals surface area contributed by atoms with E-state index >= 15 is 0 Å². The summed E-state index contributed by atoms with van der Waals surface area (Å²) in [6.45, 7) is 7.67. The van der Waals surface area contributed by atoms with Gasteiger partial charge in [0.05, 0.1) is 17.5 Å². The lowest BCUT2D eigenvalue weighted by atomic mass is 9.79. The van der Waals surface area contributed by atoms with Crippen molar-refractivity contribution in [2.75, 3.05) is 30.7 Å². The summed E-state index contributed by atoms with van der Waals surface area (Å²) in [5.74, 6) is 0. The van der Waals surface area contributed by atoms with E-state index in [-0.39, 0.29) is 0 Å². The van der Waals surface area contributed by atoms with Gasteiger partial charge in [0.25, 0.3) is 0 Å². The summed E-state index contributed by atoms with van der Waals surface area (Å²) in [4.78, 5) is 2.70. The Hall–Kier alpha value is -0.970. The van der Waals surface area contributed by atoms with Crippen LogP contribution in [0.15, 0.2) is 18.2 Å². The fraction of sp³-hybridized carbons (Fsp3) is 0.700. The summed E-state index contributed by atoms with van der Waals surface area (Å²) in [5, 5.41) is 4.32. The van der Waals surface area contributed by atoms with Crippen LogP contribution in [-0.4, -0.2) is 42.3 Å². The van der Waals surface area contributed by atoms with Crippen LogP contribution >= 0.6 is 11.6 Å². The molecule has 25 heavy (non-hydrogen) atoms. The maximum absolute atomic E-state index is 6.10. The number of hydrogen-bond donors (Lipinski definition) is 2. The topological polar surface area (TPSA) is 50.5 Å². The Labute approximate surface area is 157 Å². The molecule has 0 unspecified atom stereocenters. The van der Waals surface area contributed by atoms with Crippen molar-refractivity contribution >= 4 is 23.0 Å². The van der Waals surface area contributed by atoms with Gasteiger partial charge in [0, 0.05) is 36.3 Å². The molecule has 2 aliphatic rings. The normalized spacial score (nSPS) is 28.8. The predicted molar refractivity (Wildman–Crippen MR) is 106 cm³/mol. The SMILES string of the molecule is CCOC1CCC(C)(N2CCC(Nc3cc(Cl)ccc3N)CC2)CC1. The first kappa shape index (κ1) is 18.8. The minimum Gasteiger partial charge on any atom is -0.397 e. The van der Waals surface area contributed by atoms with Crippen LogP contribution in [0.25, 0.3) is 0 Å². The summed E-state index contributed by atoms with van der Waals surface area (Å²) in [6.07, 6.45) is 7.66. The number of likely N-dealkylation sites (tertiary alicyclic amines) is 1. The van der Waals surface area contributed by atoms with Crippen LogP contribution in [0.3, 0.4) is 0 Å². The molecular formula is C20H32ClN3O.